The van der Waals surface area contributed by atoms with Crippen molar-refractivity contribution in [2.75, 3.05) is 10.2 Å². The number of allylic oxidation sites excluding steroid dienone is 1. The fourth-order valence-corrected chi connectivity index (χ4v) is 6.07. The molecule has 1 aliphatic heterocycles. The maximum Gasteiger partial charge on any atom is 0.224 e. The lowest BCUT2D eigenvalue weighted by Gasteiger charge is -2.37. The number of fused-ring (bicyclic) bond motifs is 1. The van der Waals surface area contributed by atoms with Crippen LogP contribution >= 0.6 is 43.9 Å². The van der Waals surface area contributed by atoms with E-state index in [1.54, 1.807) is 24.3 Å². The molecule has 2 aromatic carbocycles. The average Bonchev–Trinajstić information content (AvgIpc) is 2.80. The molecule has 1 heterocycles. The van der Waals surface area contributed by atoms with Crippen molar-refractivity contribution in [1.82, 2.24) is 0 Å². The monoisotopic (exact) mass is 586 g/mol. The lowest BCUT2D eigenvalue weighted by atomic mass is 9.73. The van der Waals surface area contributed by atoms with Gasteiger partial charge in [-0.2, -0.15) is 0 Å². The van der Waals surface area contributed by atoms with Crippen molar-refractivity contribution in [2.45, 2.75) is 39.7 Å². The second kappa shape index (κ2) is 8.54. The van der Waals surface area contributed by atoms with Gasteiger partial charge in [-0.3, -0.25) is 14.5 Å². The summed E-state index contributed by atoms with van der Waals surface area (Å²) < 4.78 is 19.3. The maximum atomic E-state index is 14.9. The smallest absolute Gasteiger partial charge is 0.224 e. The summed E-state index contributed by atoms with van der Waals surface area (Å²) in [6, 6.07) is 7.25. The summed E-state index contributed by atoms with van der Waals surface area (Å²) in [5.74, 6) is -0.803. The minimum Gasteiger partial charge on any atom is -0.357 e. The number of ketones is 1. The SMILES string of the molecule is C=Ic1cc2c(cc1F)N(C(C)=O)C(c1ccc(Cl)cc1Cl)C1=C(CC(C)(C)CC1=O)N2. The first kappa shape index (κ1) is 23.4. The Hall–Kier alpha value is -1.77. The highest BCUT2D eigenvalue weighted by molar-refractivity contribution is 14.2. The van der Waals surface area contributed by atoms with Gasteiger partial charge < -0.3 is 5.32 Å². The van der Waals surface area contributed by atoms with Crippen LogP contribution in [-0.2, 0) is 9.59 Å². The number of hydrogen-bond acceptors (Lipinski definition) is 3. The van der Waals surface area contributed by atoms with E-state index in [1.807, 2.05) is 13.8 Å². The third kappa shape index (κ3) is 4.13. The molecule has 2 aliphatic rings. The van der Waals surface area contributed by atoms with Crippen molar-refractivity contribution in [1.29, 1.82) is 0 Å². The lowest BCUT2D eigenvalue weighted by molar-refractivity contribution is -0.118. The molecule has 1 atom stereocenters. The second-order valence-electron chi connectivity index (χ2n) is 8.83. The molecule has 0 saturated carbocycles. The molecule has 4 rings (SSSR count). The maximum absolute atomic E-state index is 14.9. The summed E-state index contributed by atoms with van der Waals surface area (Å²) in [6.07, 6.45) is 0.939. The topological polar surface area (TPSA) is 49.4 Å². The van der Waals surface area contributed by atoms with Gasteiger partial charge in [0.2, 0.25) is 5.91 Å². The van der Waals surface area contributed by atoms with E-state index in [4.69, 9.17) is 23.2 Å². The summed E-state index contributed by atoms with van der Waals surface area (Å²) in [7, 11) is 0. The van der Waals surface area contributed by atoms with Crippen LogP contribution in [0.15, 0.2) is 41.6 Å². The van der Waals surface area contributed by atoms with Crippen LogP contribution in [0.5, 0.6) is 0 Å². The van der Waals surface area contributed by atoms with Gasteiger partial charge in [-0.25, -0.2) is 4.39 Å². The summed E-state index contributed by atoms with van der Waals surface area (Å²) in [5.41, 5.74) is 2.47. The zero-order valence-corrected chi connectivity index (χ0v) is 21.5. The van der Waals surface area contributed by atoms with Crippen molar-refractivity contribution in [2.24, 2.45) is 5.41 Å². The van der Waals surface area contributed by atoms with Gasteiger partial charge in [0.1, 0.15) is 5.82 Å². The molecule has 0 aromatic heterocycles. The molecule has 0 radical (unpaired) electrons. The minimum absolute atomic E-state index is 0.0656. The van der Waals surface area contributed by atoms with E-state index in [9.17, 15) is 14.0 Å². The van der Waals surface area contributed by atoms with Crippen LogP contribution in [0.3, 0.4) is 0 Å². The molecule has 0 saturated heterocycles. The van der Waals surface area contributed by atoms with Gasteiger partial charge in [-0.05, 0) is 35.6 Å². The predicted octanol–water partition coefficient (Wildman–Crippen LogP) is 6.87. The lowest BCUT2D eigenvalue weighted by Crippen LogP contribution is -2.38. The van der Waals surface area contributed by atoms with E-state index in [0.717, 1.165) is 5.70 Å². The third-order valence-corrected chi connectivity index (χ3v) is 7.99. The van der Waals surface area contributed by atoms with Crippen LogP contribution in [0.4, 0.5) is 15.8 Å². The number of amides is 1. The summed E-state index contributed by atoms with van der Waals surface area (Å²) in [6.45, 7) is 5.48. The molecule has 1 unspecified atom stereocenters. The molecule has 8 heteroatoms. The first-order valence-corrected chi connectivity index (χ1v) is 13.4. The van der Waals surface area contributed by atoms with E-state index in [0.29, 0.717) is 49.0 Å². The molecule has 1 amide bonds. The van der Waals surface area contributed by atoms with Gasteiger partial charge in [0, 0.05) is 44.3 Å². The molecule has 32 heavy (non-hydrogen) atoms. The van der Waals surface area contributed by atoms with Crippen LogP contribution in [0, 0.1) is 14.8 Å². The van der Waals surface area contributed by atoms with Crippen molar-refractivity contribution in [3.63, 3.8) is 0 Å². The molecule has 1 aliphatic carbocycles. The van der Waals surface area contributed by atoms with E-state index >= 15 is 0 Å². The first-order chi connectivity index (χ1) is 15.0. The minimum atomic E-state index is -0.802. The van der Waals surface area contributed by atoms with E-state index in [1.165, 1.54) is 17.9 Å². The van der Waals surface area contributed by atoms with Crippen LogP contribution in [0.1, 0.15) is 45.2 Å². The van der Waals surface area contributed by atoms with Gasteiger partial charge in [0.25, 0.3) is 0 Å². The third-order valence-electron chi connectivity index (χ3n) is 5.78. The highest BCUT2D eigenvalue weighted by Gasteiger charge is 2.43. The Morgan fingerprint density at radius 2 is 1.97 bits per heavy atom. The number of Topliss-reactive ketones (excluding diaryl/α,β-unsaturated/α-hetero) is 1. The van der Waals surface area contributed by atoms with E-state index in [2.05, 4.69) is 9.83 Å². The number of nitrogens with one attached hydrogen (secondary N) is 1. The van der Waals surface area contributed by atoms with Crippen LogP contribution in [-0.4, -0.2) is 16.2 Å². The van der Waals surface area contributed by atoms with Gasteiger partial charge in [-0.15, -0.1) is 0 Å². The molecular weight excluding hydrogens is 565 g/mol. The van der Waals surface area contributed by atoms with E-state index in [-0.39, 0.29) is 17.1 Å². The molecular formula is C24H22Cl2FIN2O2. The number of hydrogen-bond donors (Lipinski definition) is 1. The number of carbonyl (C=O) groups is 2. The Morgan fingerprint density at radius 1 is 1.25 bits per heavy atom. The normalized spacial score (nSPS) is 19.8. The van der Waals surface area contributed by atoms with Gasteiger partial charge in [0.05, 0.1) is 17.4 Å². The fourth-order valence-electron chi connectivity index (χ4n) is 4.50. The number of anilines is 2. The zero-order valence-electron chi connectivity index (χ0n) is 17.9. The standard InChI is InChI=1S/C24H22Cl2FIN2O2/c1-12(31)30-20-8-16(27)17(28-4)9-18(20)29-19-10-24(2,3)11-21(32)22(19)23(30)14-6-5-13(25)7-15(14)26/h5-9,23,29H,4,10-11H2,1-3H3. The summed E-state index contributed by atoms with van der Waals surface area (Å²) >= 11 is 11.9. The van der Waals surface area contributed by atoms with Crippen molar-refractivity contribution >= 4 is 71.5 Å². The fraction of sp³-hybridized carbons (Fsp3) is 0.292. The highest BCUT2D eigenvalue weighted by atomic mass is 127. The number of rotatable bonds is 2. The predicted molar refractivity (Wildman–Crippen MR) is 137 cm³/mol. The number of benzene rings is 2. The summed E-state index contributed by atoms with van der Waals surface area (Å²) in [5, 5.41) is 4.16. The number of halogens is 4. The Kier molecular flexibility index (Phi) is 6.24. The van der Waals surface area contributed by atoms with Crippen LogP contribution in [0.25, 0.3) is 0 Å². The first-order valence-electron chi connectivity index (χ1n) is 10.0. The largest absolute Gasteiger partial charge is 0.357 e. The van der Waals surface area contributed by atoms with Gasteiger partial charge in [-0.1, -0.05) is 68.4 Å². The molecule has 1 N–H and O–H groups in total. The molecule has 0 spiro atoms. The average molecular weight is 587 g/mol. The number of carbonyl (C=O) groups excluding carboxylic acids is 2. The Morgan fingerprint density at radius 3 is 2.59 bits per heavy atom. The van der Waals surface area contributed by atoms with Crippen molar-refractivity contribution in [3.8, 4) is 0 Å². The number of nitrogens with zero attached hydrogens (tertiary/aromatic N) is 1. The van der Waals surface area contributed by atoms with Crippen LogP contribution < -0.4 is 10.2 Å². The van der Waals surface area contributed by atoms with Crippen molar-refractivity contribution < 1.29 is 14.0 Å². The molecule has 2 aromatic rings. The molecule has 4 nitrogen and oxygen atoms in total. The Bertz CT molecular complexity index is 1210. The van der Waals surface area contributed by atoms with E-state index < -0.39 is 32.6 Å². The quantitative estimate of drug-likeness (QED) is 0.391. The summed E-state index contributed by atoms with van der Waals surface area (Å²) in [4.78, 5) is 28.0. The van der Waals surface area contributed by atoms with Crippen molar-refractivity contribution in [3.05, 3.63) is 66.6 Å². The Balaban J connectivity index is 2.07. The van der Waals surface area contributed by atoms with Gasteiger partial charge in [0.15, 0.2) is 5.78 Å². The van der Waals surface area contributed by atoms with Crippen LogP contribution in [0.2, 0.25) is 10.0 Å². The van der Waals surface area contributed by atoms with Gasteiger partial charge >= 0.3 is 0 Å². The molecule has 0 bridgehead atoms. The Labute approximate surface area is 206 Å². The highest BCUT2D eigenvalue weighted by Crippen LogP contribution is 2.50. The zero-order chi connectivity index (χ0) is 23.4. The molecule has 168 valence electrons. The second-order valence-corrected chi connectivity index (χ2v) is 11.6. The molecule has 0 fully saturated rings.